The van der Waals surface area contributed by atoms with Crippen molar-refractivity contribution in [1.29, 1.82) is 5.26 Å². The summed E-state index contributed by atoms with van der Waals surface area (Å²) in [6.45, 7) is 4.71. The third kappa shape index (κ3) is 12.6. The number of rotatable bonds is 16. The first kappa shape index (κ1) is 23.6. The van der Waals surface area contributed by atoms with Crippen molar-refractivity contribution in [3.05, 3.63) is 35.1 Å². The fourth-order valence-corrected chi connectivity index (χ4v) is 3.39. The van der Waals surface area contributed by atoms with E-state index in [1.54, 1.807) is 6.07 Å². The van der Waals surface area contributed by atoms with Crippen molar-refractivity contribution >= 4 is 0 Å². The Labute approximate surface area is 166 Å². The second-order valence-electron chi connectivity index (χ2n) is 7.76. The van der Waals surface area contributed by atoms with E-state index in [4.69, 9.17) is 10.00 Å². The van der Waals surface area contributed by atoms with Crippen LogP contribution in [0.5, 0.6) is 0 Å². The number of unbranched alkanes of at least 4 members (excludes halogenated alkanes) is 11. The predicted molar refractivity (Wildman–Crippen MR) is 111 cm³/mol. The molecular weight excluding hydrogens is 337 g/mol. The van der Waals surface area contributed by atoms with Crippen LogP contribution in [0, 0.1) is 17.1 Å². The van der Waals surface area contributed by atoms with Crippen molar-refractivity contribution in [3.8, 4) is 6.07 Å². The first-order chi connectivity index (χ1) is 13.2. The van der Waals surface area contributed by atoms with E-state index in [2.05, 4.69) is 13.8 Å². The SMILES string of the molecule is CCCCCCCCCCCCCC[C@H](C)OCc1cc(F)cc(C#N)c1. The molecule has 0 aliphatic rings. The Kier molecular flexibility index (Phi) is 13.7. The van der Waals surface area contributed by atoms with Crippen LogP contribution < -0.4 is 0 Å². The number of benzene rings is 1. The van der Waals surface area contributed by atoms with Gasteiger partial charge < -0.3 is 4.74 Å². The van der Waals surface area contributed by atoms with Crippen LogP contribution in [0.2, 0.25) is 0 Å². The molecule has 0 N–H and O–H groups in total. The van der Waals surface area contributed by atoms with Crippen LogP contribution in [0.15, 0.2) is 18.2 Å². The second-order valence-corrected chi connectivity index (χ2v) is 7.76. The molecule has 152 valence electrons. The molecule has 1 aromatic carbocycles. The van der Waals surface area contributed by atoms with Crippen LogP contribution in [0.25, 0.3) is 0 Å². The summed E-state index contributed by atoms with van der Waals surface area (Å²) < 4.78 is 19.2. The topological polar surface area (TPSA) is 33.0 Å². The van der Waals surface area contributed by atoms with Crippen molar-refractivity contribution in [1.82, 2.24) is 0 Å². The summed E-state index contributed by atoms with van der Waals surface area (Å²) in [6, 6.07) is 6.36. The second kappa shape index (κ2) is 15.6. The lowest BCUT2D eigenvalue weighted by molar-refractivity contribution is 0.0457. The van der Waals surface area contributed by atoms with Crippen LogP contribution in [0.4, 0.5) is 4.39 Å². The fourth-order valence-electron chi connectivity index (χ4n) is 3.39. The fraction of sp³-hybridized carbons (Fsp3) is 0.708. The molecule has 0 fully saturated rings. The first-order valence-electron chi connectivity index (χ1n) is 11.0. The van der Waals surface area contributed by atoms with E-state index in [0.29, 0.717) is 12.2 Å². The van der Waals surface area contributed by atoms with Gasteiger partial charge in [0.25, 0.3) is 0 Å². The van der Waals surface area contributed by atoms with Gasteiger partial charge in [0.2, 0.25) is 0 Å². The zero-order valence-corrected chi connectivity index (χ0v) is 17.4. The quantitative estimate of drug-likeness (QED) is 0.277. The Morgan fingerprint density at radius 2 is 1.44 bits per heavy atom. The average Bonchev–Trinajstić information content (AvgIpc) is 2.66. The molecule has 0 aliphatic heterocycles. The smallest absolute Gasteiger partial charge is 0.124 e. The van der Waals surface area contributed by atoms with Crippen LogP contribution in [0.3, 0.4) is 0 Å². The minimum Gasteiger partial charge on any atom is -0.374 e. The van der Waals surface area contributed by atoms with E-state index in [1.165, 1.54) is 89.2 Å². The largest absolute Gasteiger partial charge is 0.374 e. The molecule has 27 heavy (non-hydrogen) atoms. The Morgan fingerprint density at radius 3 is 2.00 bits per heavy atom. The highest BCUT2D eigenvalue weighted by molar-refractivity contribution is 5.33. The van der Waals surface area contributed by atoms with E-state index < -0.39 is 0 Å². The molecule has 0 saturated heterocycles. The summed E-state index contributed by atoms with van der Waals surface area (Å²) in [5.41, 5.74) is 1.08. The molecule has 1 aromatic rings. The number of halogens is 1. The van der Waals surface area contributed by atoms with Gasteiger partial charge in [-0.15, -0.1) is 0 Å². The molecule has 0 radical (unpaired) electrons. The van der Waals surface area contributed by atoms with Crippen molar-refractivity contribution in [2.75, 3.05) is 0 Å². The molecule has 2 nitrogen and oxygen atoms in total. The molecular formula is C24H38FNO. The highest BCUT2D eigenvalue weighted by Crippen LogP contribution is 2.15. The molecule has 1 atom stereocenters. The van der Waals surface area contributed by atoms with E-state index in [1.807, 2.05) is 6.07 Å². The normalized spacial score (nSPS) is 12.1. The van der Waals surface area contributed by atoms with Crippen LogP contribution in [-0.4, -0.2) is 6.10 Å². The van der Waals surface area contributed by atoms with E-state index >= 15 is 0 Å². The van der Waals surface area contributed by atoms with Gasteiger partial charge in [0.15, 0.2) is 0 Å². The summed E-state index contributed by atoms with van der Waals surface area (Å²) in [7, 11) is 0. The van der Waals surface area contributed by atoms with Gasteiger partial charge in [-0.1, -0.05) is 84.0 Å². The number of nitriles is 1. The monoisotopic (exact) mass is 375 g/mol. The van der Waals surface area contributed by atoms with Crippen LogP contribution in [-0.2, 0) is 11.3 Å². The number of hydrogen-bond donors (Lipinski definition) is 0. The molecule has 0 spiro atoms. The molecule has 0 aromatic heterocycles. The predicted octanol–water partition coefficient (Wildman–Crippen LogP) is 7.69. The zero-order chi connectivity index (χ0) is 19.7. The first-order valence-corrected chi connectivity index (χ1v) is 11.0. The van der Waals surface area contributed by atoms with E-state index in [0.717, 1.165) is 12.0 Å². The minimum atomic E-state index is -0.374. The van der Waals surface area contributed by atoms with Crippen molar-refractivity contribution in [2.24, 2.45) is 0 Å². The third-order valence-corrected chi connectivity index (χ3v) is 5.09. The Morgan fingerprint density at radius 1 is 0.889 bits per heavy atom. The highest BCUT2D eigenvalue weighted by atomic mass is 19.1. The van der Waals surface area contributed by atoms with Crippen molar-refractivity contribution in [2.45, 2.75) is 110 Å². The van der Waals surface area contributed by atoms with Gasteiger partial charge in [-0.05, 0) is 37.1 Å². The Bertz CT molecular complexity index is 538. The lowest BCUT2D eigenvalue weighted by Gasteiger charge is -2.13. The number of nitrogens with zero attached hydrogens (tertiary/aromatic N) is 1. The summed E-state index contributed by atoms with van der Waals surface area (Å²) in [6.07, 6.45) is 17.5. The molecule has 0 saturated carbocycles. The number of ether oxygens (including phenoxy) is 1. The zero-order valence-electron chi connectivity index (χ0n) is 17.4. The Balaban J connectivity index is 1.96. The van der Waals surface area contributed by atoms with Crippen LogP contribution in [0.1, 0.15) is 108 Å². The molecule has 0 amide bonds. The van der Waals surface area contributed by atoms with Gasteiger partial charge in [0, 0.05) is 0 Å². The summed E-state index contributed by atoms with van der Waals surface area (Å²) >= 11 is 0. The van der Waals surface area contributed by atoms with Gasteiger partial charge in [-0.3, -0.25) is 0 Å². The van der Waals surface area contributed by atoms with Crippen molar-refractivity contribution < 1.29 is 9.13 Å². The minimum absolute atomic E-state index is 0.168. The maximum absolute atomic E-state index is 13.4. The van der Waals surface area contributed by atoms with Gasteiger partial charge in [0.1, 0.15) is 5.82 Å². The molecule has 0 heterocycles. The lowest BCUT2D eigenvalue weighted by Crippen LogP contribution is -2.08. The molecule has 3 heteroatoms. The van der Waals surface area contributed by atoms with Gasteiger partial charge in [0.05, 0.1) is 24.3 Å². The maximum Gasteiger partial charge on any atom is 0.124 e. The number of hydrogen-bond acceptors (Lipinski definition) is 2. The average molecular weight is 376 g/mol. The van der Waals surface area contributed by atoms with Crippen molar-refractivity contribution in [3.63, 3.8) is 0 Å². The summed E-state index contributed by atoms with van der Waals surface area (Å²) in [5.74, 6) is -0.374. The summed E-state index contributed by atoms with van der Waals surface area (Å²) in [4.78, 5) is 0. The van der Waals surface area contributed by atoms with Gasteiger partial charge >= 0.3 is 0 Å². The van der Waals surface area contributed by atoms with Gasteiger partial charge in [-0.2, -0.15) is 5.26 Å². The Hall–Kier alpha value is -1.40. The molecule has 1 rings (SSSR count). The van der Waals surface area contributed by atoms with E-state index in [9.17, 15) is 4.39 Å². The van der Waals surface area contributed by atoms with Gasteiger partial charge in [-0.25, -0.2) is 4.39 Å². The molecule has 0 unspecified atom stereocenters. The third-order valence-electron chi connectivity index (χ3n) is 5.09. The summed E-state index contributed by atoms with van der Waals surface area (Å²) in [5, 5.41) is 8.88. The highest BCUT2D eigenvalue weighted by Gasteiger charge is 2.05. The molecule has 0 bridgehead atoms. The lowest BCUT2D eigenvalue weighted by atomic mass is 10.0. The standard InChI is InChI=1S/C24H38FNO/c1-3-4-5-6-7-8-9-10-11-12-13-14-15-21(2)27-20-23-16-22(19-26)17-24(25)18-23/h16-18,21H,3-15,20H2,1-2H3/t21-/m0/s1. The maximum atomic E-state index is 13.4. The van der Waals surface area contributed by atoms with Crippen LogP contribution >= 0.6 is 0 Å². The molecule has 0 aliphatic carbocycles. The van der Waals surface area contributed by atoms with E-state index in [-0.39, 0.29) is 11.9 Å².